The van der Waals surface area contributed by atoms with E-state index in [1.165, 1.54) is 0 Å². The third-order valence-corrected chi connectivity index (χ3v) is 0.703. The van der Waals surface area contributed by atoms with Crippen LogP contribution in [0.3, 0.4) is 0 Å². The van der Waals surface area contributed by atoms with Crippen molar-refractivity contribution in [1.29, 1.82) is 0 Å². The highest BCUT2D eigenvalue weighted by atomic mass is 16.1. The number of hydrogen-bond acceptors (Lipinski definition) is 2. The predicted molar refractivity (Wildman–Crippen MR) is 32.0 cm³/mol. The van der Waals surface area contributed by atoms with Crippen LogP contribution in [0, 0.1) is 6.92 Å². The van der Waals surface area contributed by atoms with Gasteiger partial charge in [0.05, 0.1) is 0 Å². The molecule has 0 fully saturated rings. The maximum atomic E-state index is 10.1. The average Bonchev–Trinajstić information content (AvgIpc) is 1.66. The lowest BCUT2D eigenvalue weighted by Crippen LogP contribution is -2.22. The van der Waals surface area contributed by atoms with Gasteiger partial charge in [0.2, 0.25) is 5.91 Å². The topological polar surface area (TPSA) is 55.1 Å². The van der Waals surface area contributed by atoms with Gasteiger partial charge >= 0.3 is 0 Å². The van der Waals surface area contributed by atoms with Crippen molar-refractivity contribution in [2.75, 3.05) is 13.1 Å². The Morgan fingerprint density at radius 3 is 2.75 bits per heavy atom. The number of hydrogen-bond donors (Lipinski definition) is 2. The van der Waals surface area contributed by atoms with E-state index >= 15 is 0 Å². The molecule has 0 aliphatic heterocycles. The summed E-state index contributed by atoms with van der Waals surface area (Å²) in [5.74, 6) is -0.238. The number of amides is 1. The van der Waals surface area contributed by atoms with Gasteiger partial charge in [-0.1, -0.05) is 0 Å². The Morgan fingerprint density at radius 2 is 2.38 bits per heavy atom. The minimum atomic E-state index is -0.238. The highest BCUT2D eigenvalue weighted by Gasteiger charge is 1.86. The van der Waals surface area contributed by atoms with E-state index in [1.54, 1.807) is 0 Å². The lowest BCUT2D eigenvalue weighted by molar-refractivity contribution is -0.116. The van der Waals surface area contributed by atoms with Crippen LogP contribution in [0.5, 0.6) is 0 Å². The lowest BCUT2D eigenvalue weighted by atomic mass is 10.4. The predicted octanol–water partition coefficient (Wildman–Crippen LogP) is -0.715. The molecule has 3 N–H and O–H groups in total. The summed E-state index contributed by atoms with van der Waals surface area (Å²) < 4.78 is 0. The molecule has 0 rings (SSSR count). The van der Waals surface area contributed by atoms with Gasteiger partial charge in [-0.15, -0.1) is 0 Å². The van der Waals surface area contributed by atoms with Gasteiger partial charge in [-0.25, -0.2) is 0 Å². The summed E-state index contributed by atoms with van der Waals surface area (Å²) in [5, 5.41) is 2.52. The van der Waals surface area contributed by atoms with Gasteiger partial charge in [0.15, 0.2) is 0 Å². The van der Waals surface area contributed by atoms with Crippen molar-refractivity contribution in [3.63, 3.8) is 0 Å². The van der Waals surface area contributed by atoms with Crippen LogP contribution in [-0.2, 0) is 4.79 Å². The Bertz CT molecular complexity index is 72.8. The summed E-state index contributed by atoms with van der Waals surface area (Å²) >= 11 is 0. The minimum absolute atomic E-state index is 0.238. The molecule has 0 saturated heterocycles. The van der Waals surface area contributed by atoms with E-state index in [1.807, 2.05) is 0 Å². The average molecular weight is 115 g/mol. The van der Waals surface area contributed by atoms with Gasteiger partial charge in [-0.3, -0.25) is 4.79 Å². The van der Waals surface area contributed by atoms with Crippen LogP contribution in [0.1, 0.15) is 6.42 Å². The number of rotatable bonds is 3. The van der Waals surface area contributed by atoms with Crippen molar-refractivity contribution in [2.24, 2.45) is 5.73 Å². The molecule has 0 aromatic carbocycles. The van der Waals surface area contributed by atoms with Gasteiger partial charge < -0.3 is 11.1 Å². The van der Waals surface area contributed by atoms with E-state index in [-0.39, 0.29) is 5.91 Å². The fourth-order valence-corrected chi connectivity index (χ4v) is 0.330. The number of nitrogens with two attached hydrogens (primary N) is 1. The summed E-state index contributed by atoms with van der Waals surface area (Å²) in [5.41, 5.74) is 5.14. The zero-order valence-electron chi connectivity index (χ0n) is 4.81. The fourth-order valence-electron chi connectivity index (χ4n) is 0.330. The van der Waals surface area contributed by atoms with E-state index in [4.69, 9.17) is 5.73 Å². The second kappa shape index (κ2) is 4.59. The molecule has 0 aromatic heterocycles. The molecule has 3 nitrogen and oxygen atoms in total. The largest absolute Gasteiger partial charge is 0.356 e. The summed E-state index contributed by atoms with van der Waals surface area (Å²) in [6, 6.07) is 0. The first-order valence-electron chi connectivity index (χ1n) is 2.57. The third kappa shape index (κ3) is 5.43. The van der Waals surface area contributed by atoms with Crippen LogP contribution in [0.15, 0.2) is 0 Å². The van der Waals surface area contributed by atoms with Gasteiger partial charge in [0.1, 0.15) is 0 Å². The van der Waals surface area contributed by atoms with E-state index in [9.17, 15) is 4.79 Å². The van der Waals surface area contributed by atoms with E-state index in [2.05, 4.69) is 12.2 Å². The Balaban J connectivity index is 2.82. The number of carbonyl (C=O) groups is 1. The van der Waals surface area contributed by atoms with E-state index < -0.39 is 0 Å². The maximum Gasteiger partial charge on any atom is 0.220 e. The first kappa shape index (κ1) is 7.43. The molecule has 0 spiro atoms. The first-order chi connectivity index (χ1) is 3.77. The lowest BCUT2D eigenvalue weighted by Gasteiger charge is -1.96. The van der Waals surface area contributed by atoms with Crippen LogP contribution in [0.2, 0.25) is 0 Å². The van der Waals surface area contributed by atoms with Crippen LogP contribution < -0.4 is 11.1 Å². The van der Waals surface area contributed by atoms with E-state index in [0.717, 1.165) is 6.42 Å². The standard InChI is InChI=1S/C5H11N2O/c1-5(8)7-4-2-3-6/h1-4,6H2,(H,7,8). The Hall–Kier alpha value is -0.570. The zero-order valence-corrected chi connectivity index (χ0v) is 4.81. The summed E-state index contributed by atoms with van der Waals surface area (Å²) in [6.07, 6.45) is 0.821. The highest BCUT2D eigenvalue weighted by molar-refractivity contribution is 5.79. The summed E-state index contributed by atoms with van der Waals surface area (Å²) in [7, 11) is 0. The second-order valence-corrected chi connectivity index (χ2v) is 1.49. The Morgan fingerprint density at radius 1 is 1.75 bits per heavy atom. The Labute approximate surface area is 49.3 Å². The maximum absolute atomic E-state index is 10.1. The molecule has 0 aliphatic rings. The minimum Gasteiger partial charge on any atom is -0.356 e. The van der Waals surface area contributed by atoms with Gasteiger partial charge in [0.25, 0.3) is 0 Å². The van der Waals surface area contributed by atoms with Crippen LogP contribution >= 0.6 is 0 Å². The quantitative estimate of drug-likeness (QED) is 0.477. The first-order valence-corrected chi connectivity index (χ1v) is 2.57. The molecule has 3 heteroatoms. The SMILES string of the molecule is [CH2]C(=O)NCCCN. The van der Waals surface area contributed by atoms with Gasteiger partial charge in [-0.2, -0.15) is 0 Å². The molecule has 0 saturated carbocycles. The summed E-state index contributed by atoms with van der Waals surface area (Å²) in [4.78, 5) is 10.1. The van der Waals surface area contributed by atoms with Crippen molar-refractivity contribution in [3.05, 3.63) is 6.92 Å². The molecule has 0 atom stereocenters. The smallest absolute Gasteiger partial charge is 0.220 e. The normalized spacial score (nSPS) is 8.75. The fraction of sp³-hybridized carbons (Fsp3) is 0.600. The van der Waals surface area contributed by atoms with Crippen molar-refractivity contribution in [3.8, 4) is 0 Å². The van der Waals surface area contributed by atoms with Crippen LogP contribution in [0.25, 0.3) is 0 Å². The van der Waals surface area contributed by atoms with E-state index in [0.29, 0.717) is 13.1 Å². The van der Waals surface area contributed by atoms with Gasteiger partial charge in [0, 0.05) is 13.5 Å². The van der Waals surface area contributed by atoms with Crippen molar-refractivity contribution in [1.82, 2.24) is 5.32 Å². The van der Waals surface area contributed by atoms with Crippen molar-refractivity contribution < 1.29 is 4.79 Å². The zero-order chi connectivity index (χ0) is 6.41. The molecular weight excluding hydrogens is 104 g/mol. The molecule has 47 valence electrons. The molecule has 0 aromatic rings. The molecular formula is C5H11N2O. The monoisotopic (exact) mass is 115 g/mol. The molecule has 0 heterocycles. The highest BCUT2D eigenvalue weighted by Crippen LogP contribution is 1.67. The van der Waals surface area contributed by atoms with Crippen molar-refractivity contribution >= 4 is 5.91 Å². The molecule has 1 radical (unpaired) electrons. The van der Waals surface area contributed by atoms with Gasteiger partial charge in [-0.05, 0) is 13.0 Å². The molecule has 0 aliphatic carbocycles. The molecule has 0 bridgehead atoms. The number of carbonyl (C=O) groups excluding carboxylic acids is 1. The number of nitrogens with one attached hydrogen (secondary N) is 1. The second-order valence-electron chi connectivity index (χ2n) is 1.49. The van der Waals surface area contributed by atoms with Crippen molar-refractivity contribution in [2.45, 2.75) is 6.42 Å². The van der Waals surface area contributed by atoms with Crippen LogP contribution in [0.4, 0.5) is 0 Å². The molecule has 0 unspecified atom stereocenters. The third-order valence-electron chi connectivity index (χ3n) is 0.703. The molecule has 1 amide bonds. The van der Waals surface area contributed by atoms with Crippen LogP contribution in [-0.4, -0.2) is 19.0 Å². The summed E-state index contributed by atoms with van der Waals surface area (Å²) in [6.45, 7) is 4.37. The molecule has 8 heavy (non-hydrogen) atoms. The Kier molecular flexibility index (Phi) is 4.26.